The number of imide groups is 1. The molecule has 5 unspecified atom stereocenters. The number of carbonyl (C=O) groups is 3. The zero-order valence-corrected chi connectivity index (χ0v) is 15.1. The molecular formula is C20H20F2N2O3. The number of hydrogen-bond donors (Lipinski definition) is 0. The van der Waals surface area contributed by atoms with Crippen molar-refractivity contribution in [2.45, 2.75) is 19.4 Å². The molecule has 5 atom stereocenters. The van der Waals surface area contributed by atoms with Crippen molar-refractivity contribution in [1.29, 1.82) is 0 Å². The van der Waals surface area contributed by atoms with Crippen LogP contribution in [-0.2, 0) is 14.4 Å². The summed E-state index contributed by atoms with van der Waals surface area (Å²) in [5.41, 5.74) is 0.433. The van der Waals surface area contributed by atoms with Crippen LogP contribution >= 0.6 is 0 Å². The molecule has 7 heteroatoms. The van der Waals surface area contributed by atoms with E-state index in [1.54, 1.807) is 6.92 Å². The van der Waals surface area contributed by atoms with Crippen LogP contribution < -0.4 is 0 Å². The van der Waals surface area contributed by atoms with E-state index in [1.807, 2.05) is 12.2 Å². The maximum atomic E-state index is 13.5. The minimum atomic E-state index is -0.985. The molecule has 1 aromatic carbocycles. The summed E-state index contributed by atoms with van der Waals surface area (Å²) in [5.74, 6) is -3.40. The van der Waals surface area contributed by atoms with Gasteiger partial charge in [0.25, 0.3) is 0 Å². The lowest BCUT2D eigenvalue weighted by Crippen LogP contribution is -2.43. The molecule has 2 fully saturated rings. The zero-order chi connectivity index (χ0) is 19.5. The van der Waals surface area contributed by atoms with Crippen LogP contribution in [0.2, 0.25) is 0 Å². The molecule has 4 rings (SSSR count). The average molecular weight is 374 g/mol. The first kappa shape index (κ1) is 17.8. The molecule has 0 spiro atoms. The standard InChI is InChI=1S/C20H20F2N2O3/c1-10(11-5-6-14(21)15(22)8-11)23(2)16(25)9-24-19(26)17-12-3-4-13(7-12)18(17)20(24)27/h3-6,8,10,12-13,17-18H,7,9H2,1-2H3. The van der Waals surface area contributed by atoms with E-state index in [0.717, 1.165) is 23.5 Å². The molecule has 0 N–H and O–H groups in total. The Hall–Kier alpha value is -2.57. The predicted molar refractivity (Wildman–Crippen MR) is 92.0 cm³/mol. The fraction of sp³-hybridized carbons (Fsp3) is 0.450. The van der Waals surface area contributed by atoms with Gasteiger partial charge in [0.2, 0.25) is 17.7 Å². The number of likely N-dealkylation sites (N-methyl/N-ethyl adjacent to an activating group) is 1. The summed E-state index contributed by atoms with van der Waals surface area (Å²) in [5, 5.41) is 0. The van der Waals surface area contributed by atoms with Crippen LogP contribution in [0.4, 0.5) is 8.78 Å². The quantitative estimate of drug-likeness (QED) is 0.600. The SMILES string of the molecule is CC(c1ccc(F)c(F)c1)N(C)C(=O)CN1C(=O)C2C3C=CC(C3)C2C1=O. The molecule has 0 aromatic heterocycles. The van der Waals surface area contributed by atoms with Crippen LogP contribution in [0, 0.1) is 35.3 Å². The largest absolute Gasteiger partial charge is 0.337 e. The van der Waals surface area contributed by atoms with E-state index in [0.29, 0.717) is 5.56 Å². The summed E-state index contributed by atoms with van der Waals surface area (Å²) >= 11 is 0. The van der Waals surface area contributed by atoms with Gasteiger partial charge in [-0.1, -0.05) is 18.2 Å². The van der Waals surface area contributed by atoms with Gasteiger partial charge < -0.3 is 4.90 Å². The molecule has 2 bridgehead atoms. The third kappa shape index (κ3) is 2.67. The van der Waals surface area contributed by atoms with E-state index in [-0.39, 0.29) is 42.0 Å². The van der Waals surface area contributed by atoms with Gasteiger partial charge in [-0.3, -0.25) is 19.3 Å². The first-order valence-electron chi connectivity index (χ1n) is 9.03. The number of carbonyl (C=O) groups excluding carboxylic acids is 3. The van der Waals surface area contributed by atoms with Crippen LogP contribution in [0.3, 0.4) is 0 Å². The summed E-state index contributed by atoms with van der Waals surface area (Å²) < 4.78 is 26.6. The summed E-state index contributed by atoms with van der Waals surface area (Å²) in [4.78, 5) is 40.4. The van der Waals surface area contributed by atoms with Crippen molar-refractivity contribution in [3.63, 3.8) is 0 Å². The van der Waals surface area contributed by atoms with Gasteiger partial charge in [-0.25, -0.2) is 8.78 Å². The molecule has 142 valence electrons. The highest BCUT2D eigenvalue weighted by Crippen LogP contribution is 2.52. The van der Waals surface area contributed by atoms with Crippen LogP contribution in [0.25, 0.3) is 0 Å². The lowest BCUT2D eigenvalue weighted by atomic mass is 9.85. The van der Waals surface area contributed by atoms with Gasteiger partial charge in [0.05, 0.1) is 17.9 Å². The second-order valence-electron chi connectivity index (χ2n) is 7.62. The second-order valence-corrected chi connectivity index (χ2v) is 7.62. The van der Waals surface area contributed by atoms with Gasteiger partial charge in [-0.15, -0.1) is 0 Å². The van der Waals surface area contributed by atoms with Gasteiger partial charge in [-0.2, -0.15) is 0 Å². The van der Waals surface area contributed by atoms with E-state index >= 15 is 0 Å². The molecule has 3 amide bonds. The van der Waals surface area contributed by atoms with Gasteiger partial charge in [0.1, 0.15) is 6.54 Å². The highest BCUT2D eigenvalue weighted by atomic mass is 19.2. The van der Waals surface area contributed by atoms with Crippen molar-refractivity contribution in [3.05, 3.63) is 47.5 Å². The molecule has 27 heavy (non-hydrogen) atoms. The Morgan fingerprint density at radius 3 is 2.30 bits per heavy atom. The van der Waals surface area contributed by atoms with Crippen LogP contribution in [0.15, 0.2) is 30.4 Å². The van der Waals surface area contributed by atoms with Crippen molar-refractivity contribution < 1.29 is 23.2 Å². The molecular weight excluding hydrogens is 354 g/mol. The molecule has 5 nitrogen and oxygen atoms in total. The fourth-order valence-electron chi connectivity index (χ4n) is 4.58. The van der Waals surface area contributed by atoms with Crippen molar-refractivity contribution in [2.75, 3.05) is 13.6 Å². The number of allylic oxidation sites excluding steroid dienone is 2. The average Bonchev–Trinajstić information content (AvgIpc) is 3.32. The molecule has 1 aromatic rings. The minimum Gasteiger partial charge on any atom is -0.337 e. The zero-order valence-electron chi connectivity index (χ0n) is 15.1. The van der Waals surface area contributed by atoms with E-state index < -0.39 is 23.6 Å². The number of hydrogen-bond acceptors (Lipinski definition) is 3. The Morgan fingerprint density at radius 2 is 1.74 bits per heavy atom. The summed E-state index contributed by atoms with van der Waals surface area (Å²) in [7, 11) is 1.52. The van der Waals surface area contributed by atoms with Gasteiger partial charge in [0, 0.05) is 7.05 Å². The highest BCUT2D eigenvalue weighted by molar-refractivity contribution is 6.08. The maximum Gasteiger partial charge on any atom is 0.242 e. The van der Waals surface area contributed by atoms with Crippen LogP contribution in [0.1, 0.15) is 24.9 Å². The van der Waals surface area contributed by atoms with E-state index in [2.05, 4.69) is 0 Å². The number of benzene rings is 1. The first-order chi connectivity index (χ1) is 12.8. The number of nitrogens with zero attached hydrogens (tertiary/aromatic N) is 2. The van der Waals surface area contributed by atoms with Crippen LogP contribution in [-0.4, -0.2) is 41.1 Å². The van der Waals surface area contributed by atoms with Gasteiger partial charge in [0.15, 0.2) is 11.6 Å². The Balaban J connectivity index is 1.46. The third-order valence-corrected chi connectivity index (χ3v) is 6.26. The molecule has 0 radical (unpaired) electrons. The summed E-state index contributed by atoms with van der Waals surface area (Å²) in [6.45, 7) is 1.35. The number of amides is 3. The molecule has 1 saturated heterocycles. The monoisotopic (exact) mass is 374 g/mol. The summed E-state index contributed by atoms with van der Waals surface area (Å²) in [6, 6.07) is 2.94. The molecule has 1 saturated carbocycles. The second kappa shape index (κ2) is 6.25. The van der Waals surface area contributed by atoms with E-state index in [4.69, 9.17) is 0 Å². The Labute approximate surface area is 155 Å². The minimum absolute atomic E-state index is 0.0930. The van der Waals surface area contributed by atoms with Crippen molar-refractivity contribution in [3.8, 4) is 0 Å². The highest BCUT2D eigenvalue weighted by Gasteiger charge is 2.59. The van der Waals surface area contributed by atoms with Crippen LogP contribution in [0.5, 0.6) is 0 Å². The number of likely N-dealkylation sites (tertiary alicyclic amines) is 1. The van der Waals surface area contributed by atoms with Crippen molar-refractivity contribution in [2.24, 2.45) is 23.7 Å². The third-order valence-electron chi connectivity index (χ3n) is 6.26. The molecule has 1 heterocycles. The number of halogens is 2. The normalized spacial score (nSPS) is 29.4. The first-order valence-corrected chi connectivity index (χ1v) is 9.03. The van der Waals surface area contributed by atoms with E-state index in [1.165, 1.54) is 18.0 Å². The summed E-state index contributed by atoms with van der Waals surface area (Å²) in [6.07, 6.45) is 4.83. The molecule has 1 aliphatic heterocycles. The topological polar surface area (TPSA) is 57.7 Å². The number of fused-ring (bicyclic) bond motifs is 5. The molecule has 2 aliphatic carbocycles. The Kier molecular flexibility index (Phi) is 4.13. The fourth-order valence-corrected chi connectivity index (χ4v) is 4.58. The maximum absolute atomic E-state index is 13.5. The Morgan fingerprint density at radius 1 is 1.15 bits per heavy atom. The van der Waals surface area contributed by atoms with Gasteiger partial charge in [-0.05, 0) is 42.9 Å². The Bertz CT molecular complexity index is 839. The number of rotatable bonds is 4. The van der Waals surface area contributed by atoms with Gasteiger partial charge >= 0.3 is 0 Å². The lowest BCUT2D eigenvalue weighted by Gasteiger charge is -2.27. The lowest BCUT2D eigenvalue weighted by molar-refractivity contribution is -0.147. The predicted octanol–water partition coefficient (Wildman–Crippen LogP) is 2.29. The molecule has 3 aliphatic rings. The van der Waals surface area contributed by atoms with E-state index in [9.17, 15) is 23.2 Å². The van der Waals surface area contributed by atoms with Crippen molar-refractivity contribution >= 4 is 17.7 Å². The van der Waals surface area contributed by atoms with Crippen molar-refractivity contribution in [1.82, 2.24) is 9.80 Å². The smallest absolute Gasteiger partial charge is 0.242 e.